The number of fused-ring (bicyclic) bond motifs is 2. The number of nitrogens with zero attached hydrogens (tertiary/aromatic N) is 3. The second kappa shape index (κ2) is 8.09. The van der Waals surface area contributed by atoms with Crippen LogP contribution in [0.5, 0.6) is 5.75 Å². The number of hydrogen-bond donors (Lipinski definition) is 2. The van der Waals surface area contributed by atoms with Gasteiger partial charge in [0.2, 0.25) is 0 Å². The van der Waals surface area contributed by atoms with Crippen molar-refractivity contribution in [2.75, 3.05) is 20.2 Å². The molecular formula is C24H29N5O3. The van der Waals surface area contributed by atoms with Crippen LogP contribution in [0.1, 0.15) is 60.3 Å². The number of aromatic amines is 2. The van der Waals surface area contributed by atoms with E-state index >= 15 is 0 Å². The zero-order chi connectivity index (χ0) is 22.4. The van der Waals surface area contributed by atoms with Crippen LogP contribution in [0, 0.1) is 0 Å². The third kappa shape index (κ3) is 3.48. The highest BCUT2D eigenvalue weighted by Crippen LogP contribution is 2.33. The first-order valence-corrected chi connectivity index (χ1v) is 11.3. The largest absolute Gasteiger partial charge is 0.496 e. The van der Waals surface area contributed by atoms with Gasteiger partial charge in [-0.25, -0.2) is 4.98 Å². The summed E-state index contributed by atoms with van der Waals surface area (Å²) in [6, 6.07) is 7.71. The molecule has 1 saturated heterocycles. The average Bonchev–Trinajstić information content (AvgIpc) is 3.45. The van der Waals surface area contributed by atoms with Gasteiger partial charge in [0.15, 0.2) is 0 Å². The Labute approximate surface area is 186 Å². The summed E-state index contributed by atoms with van der Waals surface area (Å²) in [4.78, 5) is 41.5. The number of carbonyl (C=O) groups excluding carboxylic acids is 1. The Morgan fingerprint density at radius 2 is 2.09 bits per heavy atom. The fourth-order valence-electron chi connectivity index (χ4n) is 4.95. The van der Waals surface area contributed by atoms with E-state index in [1.807, 2.05) is 29.2 Å². The van der Waals surface area contributed by atoms with Gasteiger partial charge < -0.3 is 19.6 Å². The molecule has 3 aromatic rings. The Hall–Kier alpha value is -3.13. The normalized spacial score (nSPS) is 19.0. The monoisotopic (exact) mass is 435 g/mol. The highest BCUT2D eigenvalue weighted by Gasteiger charge is 2.34. The van der Waals surface area contributed by atoms with Crippen LogP contribution in [-0.2, 0) is 13.0 Å². The van der Waals surface area contributed by atoms with Crippen molar-refractivity contribution in [2.24, 2.45) is 0 Å². The molecular weight excluding hydrogens is 406 g/mol. The summed E-state index contributed by atoms with van der Waals surface area (Å²) in [5, 5.41) is 0.878. The van der Waals surface area contributed by atoms with Crippen molar-refractivity contribution in [2.45, 2.75) is 51.7 Å². The molecule has 0 saturated carbocycles. The third-order valence-corrected chi connectivity index (χ3v) is 6.76. The maximum atomic E-state index is 13.4. The number of rotatable bonds is 4. The standard InChI is InChI=1S/C24H29N5O3/c1-14(2)28-11-9-15-19(13-28)26-22(27-23(15)30)20-7-5-10-29(20)24(31)18-12-16-17(25-18)6-4-8-21(16)32-3/h4,6,8,12,14,20,25H,5,7,9-11,13H2,1-3H3,(H,26,27,30)/t20-/m0/s1. The van der Waals surface area contributed by atoms with Crippen LogP contribution in [0.2, 0.25) is 0 Å². The molecule has 0 spiro atoms. The topological polar surface area (TPSA) is 94.3 Å². The zero-order valence-electron chi connectivity index (χ0n) is 18.8. The lowest BCUT2D eigenvalue weighted by Crippen LogP contribution is -2.40. The first-order valence-electron chi connectivity index (χ1n) is 11.3. The number of H-pyrrole nitrogens is 2. The van der Waals surface area contributed by atoms with Gasteiger partial charge in [0.25, 0.3) is 11.5 Å². The fourth-order valence-corrected chi connectivity index (χ4v) is 4.95. The lowest BCUT2D eigenvalue weighted by Gasteiger charge is -2.31. The molecule has 4 heterocycles. The Balaban J connectivity index is 1.46. The number of methoxy groups -OCH3 is 1. The van der Waals surface area contributed by atoms with Gasteiger partial charge in [-0.3, -0.25) is 14.5 Å². The molecule has 1 fully saturated rings. The van der Waals surface area contributed by atoms with E-state index in [0.29, 0.717) is 37.1 Å². The third-order valence-electron chi connectivity index (χ3n) is 6.76. The minimum atomic E-state index is -0.233. The summed E-state index contributed by atoms with van der Waals surface area (Å²) in [6.45, 7) is 6.49. The molecule has 2 aliphatic rings. The van der Waals surface area contributed by atoms with Crippen LogP contribution in [0.25, 0.3) is 10.9 Å². The number of ether oxygens (including phenoxy) is 1. The molecule has 2 aromatic heterocycles. The van der Waals surface area contributed by atoms with Crippen LogP contribution in [0.15, 0.2) is 29.1 Å². The number of nitrogens with one attached hydrogen (secondary N) is 2. The Morgan fingerprint density at radius 1 is 1.25 bits per heavy atom. The highest BCUT2D eigenvalue weighted by atomic mass is 16.5. The number of aromatic nitrogens is 3. The minimum Gasteiger partial charge on any atom is -0.496 e. The average molecular weight is 436 g/mol. The Kier molecular flexibility index (Phi) is 5.25. The zero-order valence-corrected chi connectivity index (χ0v) is 18.8. The number of amides is 1. The van der Waals surface area contributed by atoms with Crippen LogP contribution >= 0.6 is 0 Å². The Bertz CT molecular complexity index is 1230. The predicted molar refractivity (Wildman–Crippen MR) is 122 cm³/mol. The summed E-state index contributed by atoms with van der Waals surface area (Å²) in [6.07, 6.45) is 2.37. The molecule has 1 aromatic carbocycles. The molecule has 168 valence electrons. The molecule has 2 aliphatic heterocycles. The molecule has 1 amide bonds. The van der Waals surface area contributed by atoms with Crippen LogP contribution in [0.4, 0.5) is 0 Å². The van der Waals surface area contributed by atoms with Crippen molar-refractivity contribution in [1.82, 2.24) is 24.8 Å². The van der Waals surface area contributed by atoms with Gasteiger partial charge in [-0.15, -0.1) is 0 Å². The quantitative estimate of drug-likeness (QED) is 0.657. The van der Waals surface area contributed by atoms with Crippen molar-refractivity contribution in [1.29, 1.82) is 0 Å². The van der Waals surface area contributed by atoms with E-state index in [-0.39, 0.29) is 17.5 Å². The molecule has 8 nitrogen and oxygen atoms in total. The fraction of sp³-hybridized carbons (Fsp3) is 0.458. The van der Waals surface area contributed by atoms with Crippen LogP contribution in [-0.4, -0.2) is 56.9 Å². The van der Waals surface area contributed by atoms with Crippen molar-refractivity contribution in [3.8, 4) is 5.75 Å². The Morgan fingerprint density at radius 3 is 2.88 bits per heavy atom. The molecule has 32 heavy (non-hydrogen) atoms. The lowest BCUT2D eigenvalue weighted by molar-refractivity contribution is 0.0724. The van der Waals surface area contributed by atoms with Gasteiger partial charge >= 0.3 is 0 Å². The number of likely N-dealkylation sites (tertiary alicyclic amines) is 1. The van der Waals surface area contributed by atoms with Crippen molar-refractivity contribution >= 4 is 16.8 Å². The van der Waals surface area contributed by atoms with Gasteiger partial charge in [-0.2, -0.15) is 0 Å². The molecule has 0 bridgehead atoms. The van der Waals surface area contributed by atoms with Gasteiger partial charge in [0, 0.05) is 42.1 Å². The molecule has 0 unspecified atom stereocenters. The van der Waals surface area contributed by atoms with E-state index in [9.17, 15) is 9.59 Å². The number of carbonyl (C=O) groups is 1. The van der Waals surface area contributed by atoms with Gasteiger partial charge in [-0.1, -0.05) is 6.07 Å². The second-order valence-corrected chi connectivity index (χ2v) is 8.95. The van der Waals surface area contributed by atoms with E-state index < -0.39 is 0 Å². The van der Waals surface area contributed by atoms with E-state index in [4.69, 9.17) is 9.72 Å². The number of benzene rings is 1. The van der Waals surface area contributed by atoms with Gasteiger partial charge in [0.05, 0.1) is 18.8 Å². The van der Waals surface area contributed by atoms with Crippen LogP contribution in [0.3, 0.4) is 0 Å². The summed E-state index contributed by atoms with van der Waals surface area (Å²) < 4.78 is 5.43. The van der Waals surface area contributed by atoms with Gasteiger partial charge in [0.1, 0.15) is 17.3 Å². The molecule has 8 heteroatoms. The summed E-state index contributed by atoms with van der Waals surface area (Å²) in [5.41, 5.74) is 2.94. The molecule has 0 radical (unpaired) electrons. The van der Waals surface area contributed by atoms with Crippen molar-refractivity contribution in [3.05, 3.63) is 57.4 Å². The van der Waals surface area contributed by atoms with E-state index in [1.165, 1.54) is 0 Å². The SMILES string of the molecule is COc1cccc2[nH]c(C(=O)N3CCC[C@H]3c3nc4c(c(=O)[nH]3)CCN(C(C)C)C4)cc12. The summed E-state index contributed by atoms with van der Waals surface area (Å²) >= 11 is 0. The molecule has 5 rings (SSSR count). The maximum absolute atomic E-state index is 13.4. The van der Waals surface area contributed by atoms with Crippen molar-refractivity contribution < 1.29 is 9.53 Å². The van der Waals surface area contributed by atoms with E-state index in [0.717, 1.165) is 47.3 Å². The minimum absolute atomic E-state index is 0.0666. The molecule has 2 N–H and O–H groups in total. The summed E-state index contributed by atoms with van der Waals surface area (Å²) in [5.74, 6) is 1.24. The predicted octanol–water partition coefficient (Wildman–Crippen LogP) is 3.00. The van der Waals surface area contributed by atoms with Crippen LogP contribution < -0.4 is 10.3 Å². The summed E-state index contributed by atoms with van der Waals surface area (Å²) in [7, 11) is 1.62. The first-order chi connectivity index (χ1) is 15.5. The smallest absolute Gasteiger partial charge is 0.270 e. The van der Waals surface area contributed by atoms with Crippen molar-refractivity contribution in [3.63, 3.8) is 0 Å². The van der Waals surface area contributed by atoms with E-state index in [2.05, 4.69) is 28.7 Å². The maximum Gasteiger partial charge on any atom is 0.270 e. The first kappa shape index (κ1) is 20.8. The molecule has 0 aliphatic carbocycles. The van der Waals surface area contributed by atoms with Gasteiger partial charge in [-0.05, 0) is 51.3 Å². The molecule has 1 atom stereocenters. The number of hydrogen-bond acceptors (Lipinski definition) is 5. The lowest BCUT2D eigenvalue weighted by atomic mass is 10.0. The highest BCUT2D eigenvalue weighted by molar-refractivity contribution is 6.00. The van der Waals surface area contributed by atoms with E-state index in [1.54, 1.807) is 7.11 Å². The second-order valence-electron chi connectivity index (χ2n) is 8.95.